The lowest BCUT2D eigenvalue weighted by Gasteiger charge is -2.30. The molecule has 0 saturated heterocycles. The van der Waals surface area contributed by atoms with Gasteiger partial charge >= 0.3 is 5.96 Å². The number of fused-ring (bicyclic) bond motifs is 2. The molecular formula is C22H21N4OS+. The van der Waals surface area contributed by atoms with Crippen LogP contribution in [0, 0.1) is 12.8 Å². The lowest BCUT2D eigenvalue weighted by Crippen LogP contribution is -2.84. The molecule has 0 bridgehead atoms. The molecule has 1 aromatic heterocycles. The highest BCUT2D eigenvalue weighted by Crippen LogP contribution is 2.31. The van der Waals surface area contributed by atoms with Gasteiger partial charge in [0, 0.05) is 6.42 Å². The van der Waals surface area contributed by atoms with Gasteiger partial charge < -0.3 is 0 Å². The highest BCUT2D eigenvalue weighted by Gasteiger charge is 2.41. The zero-order valence-corrected chi connectivity index (χ0v) is 16.3. The number of benzene rings is 2. The summed E-state index contributed by atoms with van der Waals surface area (Å²) in [6.45, 7) is 2.07. The van der Waals surface area contributed by atoms with Crippen LogP contribution in [0.25, 0.3) is 10.2 Å². The van der Waals surface area contributed by atoms with Crippen molar-refractivity contribution in [2.75, 3.05) is 5.32 Å². The summed E-state index contributed by atoms with van der Waals surface area (Å²) in [5.74, 6) is 0.862. The lowest BCUT2D eigenvalue weighted by atomic mass is 9.81. The summed E-state index contributed by atoms with van der Waals surface area (Å²) in [7, 11) is 0. The molecule has 140 valence electrons. The largest absolute Gasteiger partial charge is 0.355 e. The Morgan fingerprint density at radius 1 is 1.18 bits per heavy atom. The molecule has 0 amide bonds. The minimum Gasteiger partial charge on any atom is -0.299 e. The zero-order valence-electron chi connectivity index (χ0n) is 15.5. The standard InChI is InChI=1S/C22H20N4OS/c1-13-9-11-14(12-10-13)20-19-16(6-4-7-17(19)27)23-21(25-20)26-22-24-15-5-2-3-8-18(15)28-22/h2-3,5-6,8-12,19-20H,4,7H2,1H3,(H2,23,24,25,26)/p+1. The number of rotatable bonds is 2. The van der Waals surface area contributed by atoms with Crippen LogP contribution in [0.2, 0.25) is 0 Å². The van der Waals surface area contributed by atoms with Gasteiger partial charge in [0.1, 0.15) is 17.7 Å². The Hall–Kier alpha value is -2.99. The number of nitrogens with zero attached hydrogens (tertiary/aromatic N) is 1. The Labute approximate surface area is 167 Å². The molecule has 3 aromatic rings. The van der Waals surface area contributed by atoms with E-state index in [4.69, 9.17) is 0 Å². The first kappa shape index (κ1) is 17.1. The van der Waals surface area contributed by atoms with Gasteiger partial charge in [0.05, 0.1) is 15.9 Å². The number of ketones is 1. The molecule has 3 N–H and O–H groups in total. The summed E-state index contributed by atoms with van der Waals surface area (Å²) >= 11 is 1.61. The number of thiazole rings is 1. The number of allylic oxidation sites excluding steroid dienone is 1. The van der Waals surface area contributed by atoms with Gasteiger partial charge in [-0.1, -0.05) is 53.3 Å². The zero-order chi connectivity index (χ0) is 19.1. The quantitative estimate of drug-likeness (QED) is 0.630. The van der Waals surface area contributed by atoms with Crippen molar-refractivity contribution in [2.45, 2.75) is 25.8 Å². The second-order valence-electron chi connectivity index (χ2n) is 7.29. The van der Waals surface area contributed by atoms with Crippen molar-refractivity contribution in [3.63, 3.8) is 0 Å². The average molecular weight is 390 g/mol. The van der Waals surface area contributed by atoms with Crippen molar-refractivity contribution in [2.24, 2.45) is 5.92 Å². The fourth-order valence-electron chi connectivity index (χ4n) is 3.89. The average Bonchev–Trinajstić information content (AvgIpc) is 3.10. The third-order valence-corrected chi connectivity index (χ3v) is 6.25. The van der Waals surface area contributed by atoms with E-state index in [0.29, 0.717) is 6.42 Å². The smallest absolute Gasteiger partial charge is 0.299 e. The number of hydrogen-bond acceptors (Lipinski definition) is 5. The first-order valence-corrected chi connectivity index (χ1v) is 10.3. The van der Waals surface area contributed by atoms with E-state index in [1.54, 1.807) is 11.3 Å². The van der Waals surface area contributed by atoms with Crippen molar-refractivity contribution in [3.8, 4) is 0 Å². The van der Waals surface area contributed by atoms with Crippen LogP contribution >= 0.6 is 11.3 Å². The highest BCUT2D eigenvalue weighted by atomic mass is 32.1. The summed E-state index contributed by atoms with van der Waals surface area (Å²) in [5, 5.41) is 7.59. The van der Waals surface area contributed by atoms with Gasteiger partial charge in [-0.3, -0.25) is 9.79 Å². The van der Waals surface area contributed by atoms with E-state index in [1.165, 1.54) is 5.56 Å². The first-order valence-electron chi connectivity index (χ1n) is 9.50. The number of Topliss-reactive ketones (excluding diaryl/α,β-unsaturated/α-hetero) is 1. The van der Waals surface area contributed by atoms with Crippen molar-refractivity contribution < 1.29 is 9.79 Å². The Bertz CT molecular complexity index is 1080. The maximum Gasteiger partial charge on any atom is 0.355 e. The van der Waals surface area contributed by atoms with Crippen LogP contribution in [-0.2, 0) is 4.79 Å². The SMILES string of the molecule is Cc1ccc(C2[NH+]=C(Nc3nc4ccccc4s3)NC3=CCCC(=O)C32)cc1. The predicted molar refractivity (Wildman–Crippen MR) is 112 cm³/mol. The van der Waals surface area contributed by atoms with E-state index in [1.807, 2.05) is 18.2 Å². The van der Waals surface area contributed by atoms with Crippen LogP contribution in [0.1, 0.15) is 30.0 Å². The maximum atomic E-state index is 12.7. The molecule has 2 aromatic carbocycles. The summed E-state index contributed by atoms with van der Waals surface area (Å²) in [5.41, 5.74) is 4.28. The normalized spacial score (nSPS) is 21.5. The molecule has 0 spiro atoms. The summed E-state index contributed by atoms with van der Waals surface area (Å²) < 4.78 is 1.14. The van der Waals surface area contributed by atoms with E-state index in [0.717, 1.165) is 39.0 Å². The van der Waals surface area contributed by atoms with Crippen molar-refractivity contribution >= 4 is 38.4 Å². The van der Waals surface area contributed by atoms with Crippen LogP contribution < -0.4 is 15.6 Å². The monoisotopic (exact) mass is 389 g/mol. The molecule has 2 aliphatic rings. The fraction of sp³-hybridized carbons (Fsp3) is 0.227. The molecule has 6 heteroatoms. The minimum atomic E-state index is -0.183. The van der Waals surface area contributed by atoms with Crippen molar-refractivity contribution in [1.29, 1.82) is 0 Å². The molecular weight excluding hydrogens is 368 g/mol. The summed E-state index contributed by atoms with van der Waals surface area (Å²) in [6.07, 6.45) is 3.53. The number of guanidine groups is 1. The number of anilines is 1. The Balaban J connectivity index is 1.52. The Kier molecular flexibility index (Phi) is 4.20. The summed E-state index contributed by atoms with van der Waals surface area (Å²) in [6, 6.07) is 16.4. The molecule has 0 saturated carbocycles. The molecule has 2 heterocycles. The van der Waals surface area contributed by atoms with Gasteiger partial charge in [0.15, 0.2) is 0 Å². The van der Waals surface area contributed by atoms with Gasteiger partial charge in [-0.05, 0) is 37.1 Å². The Morgan fingerprint density at radius 2 is 2.00 bits per heavy atom. The van der Waals surface area contributed by atoms with Crippen LogP contribution in [0.4, 0.5) is 5.13 Å². The second-order valence-corrected chi connectivity index (χ2v) is 8.32. The van der Waals surface area contributed by atoms with Gasteiger partial charge in [0.2, 0.25) is 0 Å². The van der Waals surface area contributed by atoms with Crippen molar-refractivity contribution in [3.05, 3.63) is 71.4 Å². The number of para-hydroxylation sites is 1. The molecule has 5 rings (SSSR count). The van der Waals surface area contributed by atoms with E-state index in [-0.39, 0.29) is 17.7 Å². The van der Waals surface area contributed by atoms with Gasteiger partial charge in [-0.25, -0.2) is 15.6 Å². The maximum absolute atomic E-state index is 12.7. The number of hydrogen-bond donors (Lipinski definition) is 3. The van der Waals surface area contributed by atoms with Gasteiger partial charge in [0.25, 0.3) is 5.13 Å². The summed E-state index contributed by atoms with van der Waals surface area (Å²) in [4.78, 5) is 20.9. The van der Waals surface area contributed by atoms with E-state index >= 15 is 0 Å². The molecule has 2 unspecified atom stereocenters. The van der Waals surface area contributed by atoms with Gasteiger partial charge in [-0.15, -0.1) is 0 Å². The van der Waals surface area contributed by atoms with Crippen molar-refractivity contribution in [1.82, 2.24) is 10.3 Å². The van der Waals surface area contributed by atoms with Crippen LogP contribution in [-0.4, -0.2) is 16.7 Å². The first-order chi connectivity index (χ1) is 13.7. The lowest BCUT2D eigenvalue weighted by molar-refractivity contribution is -0.522. The Morgan fingerprint density at radius 3 is 2.82 bits per heavy atom. The van der Waals surface area contributed by atoms with E-state index < -0.39 is 0 Å². The number of aromatic nitrogens is 1. The number of nitrogens with one attached hydrogen (secondary N) is 3. The molecule has 2 atom stereocenters. The third kappa shape index (κ3) is 3.10. The molecule has 0 radical (unpaired) electrons. The fourth-order valence-corrected chi connectivity index (χ4v) is 4.76. The molecule has 28 heavy (non-hydrogen) atoms. The third-order valence-electron chi connectivity index (χ3n) is 5.30. The number of carbonyl (C=O) groups is 1. The molecule has 1 aliphatic heterocycles. The van der Waals surface area contributed by atoms with Crippen LogP contribution in [0.5, 0.6) is 0 Å². The molecule has 1 aliphatic carbocycles. The number of aryl methyl sites for hydroxylation is 1. The predicted octanol–water partition coefficient (Wildman–Crippen LogP) is 2.66. The highest BCUT2D eigenvalue weighted by molar-refractivity contribution is 7.22. The second kappa shape index (κ2) is 6.87. The van der Waals surface area contributed by atoms with Crippen LogP contribution in [0.3, 0.4) is 0 Å². The molecule has 5 nitrogen and oxygen atoms in total. The van der Waals surface area contributed by atoms with Crippen LogP contribution in [0.15, 0.2) is 60.3 Å². The van der Waals surface area contributed by atoms with E-state index in [9.17, 15) is 4.79 Å². The minimum absolute atomic E-state index is 0.0993. The molecule has 0 fully saturated rings. The van der Waals surface area contributed by atoms with Gasteiger partial charge in [-0.2, -0.15) is 0 Å². The van der Waals surface area contributed by atoms with E-state index in [2.05, 4.69) is 63.9 Å². The number of carbonyl (C=O) groups excluding carboxylic acids is 1. The topological polar surface area (TPSA) is 68.0 Å².